The largest absolute Gasteiger partial charge is 0.444 e. The quantitative estimate of drug-likeness (QED) is 0.896. The van der Waals surface area contributed by atoms with Gasteiger partial charge in [-0.15, -0.1) is 0 Å². The van der Waals surface area contributed by atoms with Crippen LogP contribution in [-0.4, -0.2) is 24.1 Å². The van der Waals surface area contributed by atoms with Gasteiger partial charge in [0.15, 0.2) is 11.6 Å². The van der Waals surface area contributed by atoms with E-state index in [1.807, 2.05) is 0 Å². The van der Waals surface area contributed by atoms with Crippen LogP contribution in [0.2, 0.25) is 0 Å². The summed E-state index contributed by atoms with van der Waals surface area (Å²) in [6.07, 6.45) is -0.738. The molecule has 0 saturated heterocycles. The number of alkyl carbamates (subject to hydrolysis) is 1. The van der Waals surface area contributed by atoms with Crippen LogP contribution in [0.1, 0.15) is 20.8 Å². The van der Waals surface area contributed by atoms with Crippen LogP contribution in [0, 0.1) is 11.6 Å². The molecule has 0 radical (unpaired) electrons. The van der Waals surface area contributed by atoms with E-state index in [-0.39, 0.29) is 12.2 Å². The molecule has 110 valence electrons. The van der Waals surface area contributed by atoms with E-state index in [4.69, 9.17) is 4.74 Å². The monoisotopic (exact) mass is 286 g/mol. The minimum atomic E-state index is -1.07. The second-order valence-electron chi connectivity index (χ2n) is 5.03. The molecule has 5 nitrogen and oxygen atoms in total. The summed E-state index contributed by atoms with van der Waals surface area (Å²) in [5, 5.41) is 4.56. The number of benzene rings is 1. The predicted molar refractivity (Wildman–Crippen MR) is 69.2 cm³/mol. The van der Waals surface area contributed by atoms with Crippen molar-refractivity contribution in [2.75, 3.05) is 11.9 Å². The Kier molecular flexibility index (Phi) is 5.01. The Morgan fingerprint density at radius 3 is 2.40 bits per heavy atom. The first kappa shape index (κ1) is 15.9. The van der Waals surface area contributed by atoms with E-state index in [0.717, 1.165) is 12.1 Å². The third kappa shape index (κ3) is 5.64. The summed E-state index contributed by atoms with van der Waals surface area (Å²) in [6.45, 7) is 4.73. The number of anilines is 1. The number of amides is 2. The van der Waals surface area contributed by atoms with Gasteiger partial charge in [0.05, 0.1) is 0 Å². The van der Waals surface area contributed by atoms with E-state index in [0.29, 0.717) is 0 Å². The van der Waals surface area contributed by atoms with E-state index >= 15 is 0 Å². The molecule has 1 rings (SSSR count). The lowest BCUT2D eigenvalue weighted by Crippen LogP contribution is -2.37. The average molecular weight is 286 g/mol. The van der Waals surface area contributed by atoms with Crippen LogP contribution < -0.4 is 10.6 Å². The fraction of sp³-hybridized carbons (Fsp3) is 0.385. The van der Waals surface area contributed by atoms with Gasteiger partial charge in [-0.3, -0.25) is 4.79 Å². The van der Waals surface area contributed by atoms with Gasteiger partial charge in [0, 0.05) is 11.8 Å². The van der Waals surface area contributed by atoms with Crippen molar-refractivity contribution in [3.63, 3.8) is 0 Å². The molecular formula is C13H16F2N2O3. The molecular weight excluding hydrogens is 270 g/mol. The van der Waals surface area contributed by atoms with E-state index in [1.54, 1.807) is 20.8 Å². The van der Waals surface area contributed by atoms with E-state index in [2.05, 4.69) is 10.6 Å². The van der Waals surface area contributed by atoms with Crippen LogP contribution in [0.3, 0.4) is 0 Å². The number of carbonyl (C=O) groups is 2. The third-order valence-corrected chi connectivity index (χ3v) is 2.00. The fourth-order valence-corrected chi connectivity index (χ4v) is 1.25. The van der Waals surface area contributed by atoms with Gasteiger partial charge in [0.1, 0.15) is 12.1 Å². The van der Waals surface area contributed by atoms with Gasteiger partial charge < -0.3 is 15.4 Å². The van der Waals surface area contributed by atoms with Crippen LogP contribution in [0.15, 0.2) is 18.2 Å². The van der Waals surface area contributed by atoms with Crippen molar-refractivity contribution in [2.24, 2.45) is 0 Å². The summed E-state index contributed by atoms with van der Waals surface area (Å²) < 4.78 is 30.5. The van der Waals surface area contributed by atoms with Crippen LogP contribution in [-0.2, 0) is 9.53 Å². The third-order valence-electron chi connectivity index (χ3n) is 2.00. The van der Waals surface area contributed by atoms with Crippen LogP contribution in [0.25, 0.3) is 0 Å². The maximum atomic E-state index is 12.9. The minimum Gasteiger partial charge on any atom is -0.444 e. The Morgan fingerprint density at radius 2 is 1.85 bits per heavy atom. The summed E-state index contributed by atoms with van der Waals surface area (Å²) in [5.74, 6) is -2.65. The number of hydrogen-bond donors (Lipinski definition) is 2. The first-order chi connectivity index (χ1) is 9.17. The van der Waals surface area contributed by atoms with Gasteiger partial charge in [-0.2, -0.15) is 0 Å². The number of ether oxygens (including phenoxy) is 1. The smallest absolute Gasteiger partial charge is 0.408 e. The second kappa shape index (κ2) is 6.31. The molecule has 20 heavy (non-hydrogen) atoms. The number of hydrogen-bond acceptors (Lipinski definition) is 3. The zero-order chi connectivity index (χ0) is 15.3. The summed E-state index contributed by atoms with van der Waals surface area (Å²) in [4.78, 5) is 22.8. The van der Waals surface area contributed by atoms with Crippen molar-refractivity contribution in [1.29, 1.82) is 0 Å². The molecule has 0 unspecified atom stereocenters. The molecule has 2 N–H and O–H groups in total. The highest BCUT2D eigenvalue weighted by molar-refractivity contribution is 5.93. The SMILES string of the molecule is CC(C)(C)OC(=O)NCC(=O)Nc1ccc(F)c(F)c1. The van der Waals surface area contributed by atoms with Crippen molar-refractivity contribution in [1.82, 2.24) is 5.32 Å². The Hall–Kier alpha value is -2.18. The van der Waals surface area contributed by atoms with Crippen LogP contribution in [0.4, 0.5) is 19.3 Å². The van der Waals surface area contributed by atoms with Crippen LogP contribution in [0.5, 0.6) is 0 Å². The fourth-order valence-electron chi connectivity index (χ4n) is 1.25. The van der Waals surface area contributed by atoms with Gasteiger partial charge in [-0.25, -0.2) is 13.6 Å². The van der Waals surface area contributed by atoms with Gasteiger partial charge in [0.25, 0.3) is 0 Å². The first-order valence-electron chi connectivity index (χ1n) is 5.89. The zero-order valence-electron chi connectivity index (χ0n) is 11.4. The summed E-state index contributed by atoms with van der Waals surface area (Å²) in [5.41, 5.74) is -0.569. The molecule has 0 fully saturated rings. The highest BCUT2D eigenvalue weighted by atomic mass is 19.2. The lowest BCUT2D eigenvalue weighted by molar-refractivity contribution is -0.115. The second-order valence-corrected chi connectivity index (χ2v) is 5.03. The van der Waals surface area contributed by atoms with Gasteiger partial charge >= 0.3 is 6.09 Å². The minimum absolute atomic E-state index is 0.0971. The molecule has 0 saturated carbocycles. The molecule has 1 aromatic rings. The van der Waals surface area contributed by atoms with E-state index < -0.39 is 29.2 Å². The maximum absolute atomic E-state index is 12.9. The first-order valence-corrected chi connectivity index (χ1v) is 5.89. The molecule has 0 spiro atoms. The normalized spacial score (nSPS) is 10.8. The molecule has 0 aromatic heterocycles. The van der Waals surface area contributed by atoms with E-state index in [9.17, 15) is 18.4 Å². The van der Waals surface area contributed by atoms with Crippen molar-refractivity contribution in [2.45, 2.75) is 26.4 Å². The molecule has 0 atom stereocenters. The van der Waals surface area contributed by atoms with Crippen LogP contribution >= 0.6 is 0 Å². The van der Waals surface area contributed by atoms with Gasteiger partial charge in [-0.1, -0.05) is 0 Å². The van der Waals surface area contributed by atoms with E-state index in [1.165, 1.54) is 6.07 Å². The highest BCUT2D eigenvalue weighted by Crippen LogP contribution is 2.12. The highest BCUT2D eigenvalue weighted by Gasteiger charge is 2.16. The summed E-state index contributed by atoms with van der Waals surface area (Å²) in [6, 6.07) is 2.96. The summed E-state index contributed by atoms with van der Waals surface area (Å²) in [7, 11) is 0. The standard InChI is InChI=1S/C13H16F2N2O3/c1-13(2,3)20-12(19)16-7-11(18)17-8-4-5-9(14)10(15)6-8/h4-6H,7H2,1-3H3,(H,16,19)(H,17,18). The van der Waals surface area contributed by atoms with Crippen molar-refractivity contribution in [3.8, 4) is 0 Å². The average Bonchev–Trinajstić information content (AvgIpc) is 2.29. The molecule has 0 heterocycles. The lowest BCUT2D eigenvalue weighted by atomic mass is 10.2. The number of carbonyl (C=O) groups excluding carboxylic acids is 2. The molecule has 1 aromatic carbocycles. The molecule has 0 aliphatic rings. The van der Waals surface area contributed by atoms with Gasteiger partial charge in [-0.05, 0) is 32.9 Å². The number of halogens is 2. The topological polar surface area (TPSA) is 67.4 Å². The Balaban J connectivity index is 2.44. The zero-order valence-corrected chi connectivity index (χ0v) is 11.4. The Bertz CT molecular complexity index is 513. The number of rotatable bonds is 3. The molecule has 0 aliphatic carbocycles. The molecule has 0 bridgehead atoms. The Labute approximate surface area is 115 Å². The molecule has 0 aliphatic heterocycles. The lowest BCUT2D eigenvalue weighted by Gasteiger charge is -2.19. The van der Waals surface area contributed by atoms with Crippen molar-refractivity contribution < 1.29 is 23.1 Å². The molecule has 2 amide bonds. The van der Waals surface area contributed by atoms with Crippen molar-refractivity contribution >= 4 is 17.7 Å². The maximum Gasteiger partial charge on any atom is 0.408 e. The summed E-state index contributed by atoms with van der Waals surface area (Å²) >= 11 is 0. The van der Waals surface area contributed by atoms with Gasteiger partial charge in [0.2, 0.25) is 5.91 Å². The molecule has 7 heteroatoms. The number of nitrogens with one attached hydrogen (secondary N) is 2. The van der Waals surface area contributed by atoms with Crippen molar-refractivity contribution in [3.05, 3.63) is 29.8 Å². The Morgan fingerprint density at radius 1 is 1.20 bits per heavy atom. The predicted octanol–water partition coefficient (Wildman–Crippen LogP) is 2.43.